The Morgan fingerprint density at radius 2 is 1.35 bits per heavy atom. The first-order chi connectivity index (χ1) is 31.3. The number of phenolic OH excluding ortho intramolecular Hbond substituents is 1. The SMILES string of the molecule is CC[C@H](C)[C@H](NC(=O)[C@H](Cc1ccc(O)cc1)NC(=O)[C@@H]1CCCN1C(=O)[C@H](CCCN=C(N)N)NC(=O)[C@H](CCCN=C(N)N)NC(=O)CCCCCBr)C(=O)N[C@@H](CC(C)C)C(=O)O. The fraction of sp³-hybridized carbons (Fsp3) is 0.659. The Bertz CT molecular complexity index is 1810. The van der Waals surface area contributed by atoms with E-state index < -0.39 is 77.7 Å². The second-order valence-corrected chi connectivity index (χ2v) is 17.9. The number of rotatable bonds is 30. The lowest BCUT2D eigenvalue weighted by Crippen LogP contribution is -2.60. The number of benzene rings is 1. The molecule has 66 heavy (non-hydrogen) atoms. The molecule has 7 atom stereocenters. The lowest BCUT2D eigenvalue weighted by Gasteiger charge is -2.31. The summed E-state index contributed by atoms with van der Waals surface area (Å²) in [6.07, 6.45) is 4.49. The number of amides is 6. The van der Waals surface area contributed by atoms with Crippen molar-refractivity contribution in [2.75, 3.05) is 25.0 Å². The third-order valence-corrected chi connectivity index (χ3v) is 11.7. The van der Waals surface area contributed by atoms with Crippen LogP contribution in [0.5, 0.6) is 5.75 Å². The highest BCUT2D eigenvalue weighted by Gasteiger charge is 2.40. The Balaban J connectivity index is 2.44. The number of carboxylic acids is 1. The predicted octanol–water partition coefficient (Wildman–Crippen LogP) is 0.589. The van der Waals surface area contributed by atoms with E-state index in [0.29, 0.717) is 31.2 Å². The van der Waals surface area contributed by atoms with Crippen molar-refractivity contribution in [2.45, 2.75) is 147 Å². The summed E-state index contributed by atoms with van der Waals surface area (Å²) >= 11 is 3.38. The van der Waals surface area contributed by atoms with Crippen LogP contribution < -0.4 is 49.5 Å². The molecule has 0 bridgehead atoms. The van der Waals surface area contributed by atoms with Gasteiger partial charge in [-0.1, -0.05) is 68.6 Å². The zero-order valence-corrected chi connectivity index (χ0v) is 40.3. The molecule has 1 aliphatic heterocycles. The van der Waals surface area contributed by atoms with E-state index in [2.05, 4.69) is 52.5 Å². The van der Waals surface area contributed by atoms with Gasteiger partial charge in [0.1, 0.15) is 42.0 Å². The van der Waals surface area contributed by atoms with Crippen LogP contribution in [0.3, 0.4) is 0 Å². The number of guanidine groups is 2. The molecule has 0 aromatic heterocycles. The summed E-state index contributed by atoms with van der Waals surface area (Å²) in [7, 11) is 0. The largest absolute Gasteiger partial charge is 0.508 e. The number of likely N-dealkylation sites (tertiary alicyclic amines) is 1. The molecule has 1 aromatic rings. The number of aromatic hydroxyl groups is 1. The first-order valence-electron chi connectivity index (χ1n) is 22.8. The van der Waals surface area contributed by atoms with Crippen LogP contribution in [0, 0.1) is 11.8 Å². The van der Waals surface area contributed by atoms with Crippen molar-refractivity contribution in [3.8, 4) is 5.75 Å². The van der Waals surface area contributed by atoms with Gasteiger partial charge in [-0.15, -0.1) is 0 Å². The molecular formula is C44H73BrN12O9. The van der Waals surface area contributed by atoms with E-state index in [-0.39, 0.29) is 94.1 Å². The third kappa shape index (κ3) is 20.7. The van der Waals surface area contributed by atoms with Gasteiger partial charge in [0.05, 0.1) is 0 Å². The number of carbonyl (C=O) groups is 7. The number of hydrogen-bond acceptors (Lipinski definition) is 10. The molecule has 0 spiro atoms. The summed E-state index contributed by atoms with van der Waals surface area (Å²) in [5.74, 6) is -5.63. The zero-order chi connectivity index (χ0) is 49.3. The van der Waals surface area contributed by atoms with Crippen molar-refractivity contribution >= 4 is 69.3 Å². The molecule has 1 heterocycles. The molecule has 15 N–H and O–H groups in total. The Hall–Kier alpha value is -5.67. The van der Waals surface area contributed by atoms with Crippen molar-refractivity contribution in [1.29, 1.82) is 0 Å². The Kier molecular flexibility index (Phi) is 25.5. The monoisotopic (exact) mass is 992 g/mol. The minimum atomic E-state index is -1.29. The van der Waals surface area contributed by atoms with Gasteiger partial charge in [-0.05, 0) is 87.3 Å². The molecule has 1 fully saturated rings. The molecule has 21 nitrogen and oxygen atoms in total. The number of carbonyl (C=O) groups excluding carboxylic acids is 6. The maximum absolute atomic E-state index is 14.5. The summed E-state index contributed by atoms with van der Waals surface area (Å²) in [5.41, 5.74) is 22.6. The number of aliphatic carboxylic acids is 1. The van der Waals surface area contributed by atoms with Crippen LogP contribution in [-0.2, 0) is 40.0 Å². The van der Waals surface area contributed by atoms with E-state index in [1.807, 2.05) is 20.8 Å². The molecule has 2 rings (SSSR count). The van der Waals surface area contributed by atoms with Gasteiger partial charge in [-0.25, -0.2) is 4.79 Å². The van der Waals surface area contributed by atoms with Crippen LogP contribution in [0.2, 0.25) is 0 Å². The zero-order valence-electron chi connectivity index (χ0n) is 38.7. The molecule has 370 valence electrons. The number of nitrogens with one attached hydrogen (secondary N) is 5. The standard InChI is InChI=1S/C44H73BrN12O9/c1-5-27(4)36(40(63)55-33(42(65)66)24-26(2)3)56-38(61)32(25-28-16-18-29(58)19-17-28)54-39(62)34-14-11-23-57(34)41(64)31(13-10-22-51-44(48)49)53-37(60)30(12-9-21-50-43(46)47)52-35(59)15-7-6-8-20-45/h16-19,26-27,30-34,36,58H,5-15,20-25H2,1-4H3,(H,52,59)(H,53,60)(H,54,62)(H,55,63)(H,56,61)(H,65,66)(H4,46,47,50)(H4,48,49,51)/t27-,30-,31-,32-,33-,34-,36-/m0/s1. The minimum absolute atomic E-state index is 0.0211. The number of aliphatic imine (C=N–C) groups is 2. The van der Waals surface area contributed by atoms with Gasteiger partial charge in [0, 0.05) is 37.8 Å². The molecular weight excluding hydrogens is 920 g/mol. The van der Waals surface area contributed by atoms with E-state index >= 15 is 0 Å². The van der Waals surface area contributed by atoms with Gasteiger partial charge in [-0.2, -0.15) is 0 Å². The van der Waals surface area contributed by atoms with Crippen molar-refractivity contribution < 1.29 is 43.8 Å². The lowest BCUT2D eigenvalue weighted by atomic mass is 9.96. The summed E-state index contributed by atoms with van der Waals surface area (Å²) in [5, 5.41) is 34.2. The third-order valence-electron chi connectivity index (χ3n) is 11.2. The second-order valence-electron chi connectivity index (χ2n) is 17.1. The van der Waals surface area contributed by atoms with Crippen molar-refractivity contribution in [3.05, 3.63) is 29.8 Å². The number of nitrogens with zero attached hydrogens (tertiary/aromatic N) is 3. The van der Waals surface area contributed by atoms with Crippen LogP contribution in [0.15, 0.2) is 34.3 Å². The van der Waals surface area contributed by atoms with Crippen LogP contribution in [0.4, 0.5) is 0 Å². The summed E-state index contributed by atoms with van der Waals surface area (Å²) < 4.78 is 0. The summed E-state index contributed by atoms with van der Waals surface area (Å²) in [4.78, 5) is 105. The van der Waals surface area contributed by atoms with E-state index in [4.69, 9.17) is 22.9 Å². The Morgan fingerprint density at radius 1 is 0.758 bits per heavy atom. The Labute approximate surface area is 396 Å². The van der Waals surface area contributed by atoms with Crippen LogP contribution >= 0.6 is 15.9 Å². The number of nitrogens with two attached hydrogens (primary N) is 4. The molecule has 1 aliphatic rings. The van der Waals surface area contributed by atoms with Gasteiger partial charge < -0.3 is 64.6 Å². The van der Waals surface area contributed by atoms with Crippen LogP contribution in [-0.4, -0.2) is 130 Å². The molecule has 0 unspecified atom stereocenters. The van der Waals surface area contributed by atoms with Gasteiger partial charge in [0.2, 0.25) is 35.4 Å². The molecule has 6 amide bonds. The first-order valence-corrected chi connectivity index (χ1v) is 23.9. The Morgan fingerprint density at radius 3 is 1.91 bits per heavy atom. The molecule has 1 saturated heterocycles. The predicted molar refractivity (Wildman–Crippen MR) is 255 cm³/mol. The topological polar surface area (TPSA) is 352 Å². The van der Waals surface area contributed by atoms with Crippen molar-refractivity contribution in [2.24, 2.45) is 44.8 Å². The lowest BCUT2D eigenvalue weighted by molar-refractivity contribution is -0.143. The van der Waals surface area contributed by atoms with Gasteiger partial charge in [0.25, 0.3) is 0 Å². The highest BCUT2D eigenvalue weighted by atomic mass is 79.9. The maximum Gasteiger partial charge on any atom is 0.326 e. The fourth-order valence-electron chi connectivity index (χ4n) is 7.39. The normalized spacial score (nSPS) is 16.1. The number of halogens is 1. The van der Waals surface area contributed by atoms with Gasteiger partial charge >= 0.3 is 5.97 Å². The van der Waals surface area contributed by atoms with E-state index in [1.165, 1.54) is 17.0 Å². The van der Waals surface area contributed by atoms with Crippen molar-refractivity contribution in [3.63, 3.8) is 0 Å². The first kappa shape index (κ1) is 56.5. The van der Waals surface area contributed by atoms with E-state index in [0.717, 1.165) is 18.2 Å². The van der Waals surface area contributed by atoms with Crippen molar-refractivity contribution in [1.82, 2.24) is 31.5 Å². The maximum atomic E-state index is 14.5. The molecule has 22 heteroatoms. The summed E-state index contributed by atoms with van der Waals surface area (Å²) in [6.45, 7) is 7.68. The molecule has 0 saturated carbocycles. The molecule has 1 aromatic carbocycles. The highest BCUT2D eigenvalue weighted by Crippen LogP contribution is 2.21. The number of hydrogen-bond donors (Lipinski definition) is 11. The molecule has 0 aliphatic carbocycles. The number of alkyl halides is 1. The average molecular weight is 994 g/mol. The number of phenols is 1. The van der Waals surface area contributed by atoms with Crippen LogP contribution in [0.25, 0.3) is 0 Å². The number of unbranched alkanes of at least 4 members (excludes halogenated alkanes) is 2. The van der Waals surface area contributed by atoms with Gasteiger partial charge in [-0.3, -0.25) is 38.8 Å². The smallest absolute Gasteiger partial charge is 0.326 e. The molecule has 0 radical (unpaired) electrons. The minimum Gasteiger partial charge on any atom is -0.508 e. The quantitative estimate of drug-likeness (QED) is 0.0218. The second kappa shape index (κ2) is 29.8. The average Bonchev–Trinajstić information content (AvgIpc) is 3.76. The number of carboxylic acid groups (broad SMARTS) is 1. The van der Waals surface area contributed by atoms with E-state index in [1.54, 1.807) is 19.1 Å². The summed E-state index contributed by atoms with van der Waals surface area (Å²) in [6, 6.07) is -0.934. The fourth-order valence-corrected chi connectivity index (χ4v) is 7.78. The van der Waals surface area contributed by atoms with Gasteiger partial charge in [0.15, 0.2) is 11.9 Å². The van der Waals surface area contributed by atoms with Crippen LogP contribution in [0.1, 0.15) is 110 Å². The van der Waals surface area contributed by atoms with E-state index in [9.17, 15) is 43.8 Å². The highest BCUT2D eigenvalue weighted by molar-refractivity contribution is 9.09.